The van der Waals surface area contributed by atoms with Crippen molar-refractivity contribution < 1.29 is 14.3 Å². The van der Waals surface area contributed by atoms with E-state index in [2.05, 4.69) is 19.9 Å². The summed E-state index contributed by atoms with van der Waals surface area (Å²) >= 11 is 6.15. The lowest BCUT2D eigenvalue weighted by atomic mass is 10.1. The minimum Gasteiger partial charge on any atom is -0.458 e. The van der Waals surface area contributed by atoms with Crippen LogP contribution in [0.3, 0.4) is 0 Å². The molecule has 0 atom stereocenters. The highest BCUT2D eigenvalue weighted by Crippen LogP contribution is 2.29. The summed E-state index contributed by atoms with van der Waals surface area (Å²) in [5.74, 6) is 0.839. The lowest BCUT2D eigenvalue weighted by molar-refractivity contribution is -0.143. The molecule has 2 aliphatic heterocycles. The van der Waals surface area contributed by atoms with Crippen LogP contribution in [0.2, 0.25) is 5.28 Å². The fraction of sp³-hybridized carbons (Fsp3) is 0.647. The van der Waals surface area contributed by atoms with Gasteiger partial charge in [0.2, 0.25) is 11.2 Å². The van der Waals surface area contributed by atoms with E-state index in [-0.39, 0.29) is 23.2 Å². The Morgan fingerprint density at radius 3 is 2.59 bits per heavy atom. The van der Waals surface area contributed by atoms with Crippen LogP contribution in [0, 0.1) is 5.92 Å². The van der Waals surface area contributed by atoms with Gasteiger partial charge in [-0.05, 0) is 11.6 Å². The van der Waals surface area contributed by atoms with Crippen LogP contribution in [0.25, 0.3) is 11.2 Å². The third-order valence-corrected chi connectivity index (χ3v) is 5.04. The van der Waals surface area contributed by atoms with Crippen LogP contribution >= 0.6 is 11.6 Å². The molecule has 27 heavy (non-hydrogen) atoms. The average molecular weight is 395 g/mol. The first-order valence-corrected chi connectivity index (χ1v) is 9.50. The topological polar surface area (TPSA) is 85.6 Å². The number of morpholine rings is 1. The van der Waals surface area contributed by atoms with Crippen LogP contribution in [0.15, 0.2) is 0 Å². The first-order valence-electron chi connectivity index (χ1n) is 9.12. The van der Waals surface area contributed by atoms with E-state index in [1.807, 2.05) is 20.9 Å². The largest absolute Gasteiger partial charge is 0.458 e. The number of aromatic nitrogens is 4. The van der Waals surface area contributed by atoms with Gasteiger partial charge in [-0.2, -0.15) is 15.0 Å². The van der Waals surface area contributed by atoms with Gasteiger partial charge in [0, 0.05) is 26.1 Å². The zero-order chi connectivity index (χ0) is 19.1. The van der Waals surface area contributed by atoms with E-state index in [0.29, 0.717) is 49.3 Å². The number of aryl methyl sites for hydroxylation is 1. The molecule has 0 N–H and O–H groups in total. The smallest absolute Gasteiger partial charge is 0.298 e. The third-order valence-electron chi connectivity index (χ3n) is 4.87. The van der Waals surface area contributed by atoms with Gasteiger partial charge >= 0.3 is 0 Å². The summed E-state index contributed by atoms with van der Waals surface area (Å²) in [5, 5.41) is 0.177. The number of carbonyl (C=O) groups excluding carboxylic acids is 1. The predicted octanol–water partition coefficient (Wildman–Crippen LogP) is 1.10. The number of imidazole rings is 1. The molecule has 2 fully saturated rings. The number of fused-ring (bicyclic) bond motifs is 1. The molecule has 1 amide bonds. The van der Waals surface area contributed by atoms with Crippen molar-refractivity contribution in [2.24, 2.45) is 13.0 Å². The second-order valence-electron chi connectivity index (χ2n) is 7.18. The molecule has 2 aromatic rings. The first-order chi connectivity index (χ1) is 12.9. The Labute approximate surface area is 162 Å². The Balaban J connectivity index is 1.56. The summed E-state index contributed by atoms with van der Waals surface area (Å²) in [6.45, 7) is 7.68. The molecule has 0 aliphatic carbocycles. The molecular weight excluding hydrogens is 372 g/mol. The SMILES string of the molecule is CC(C)C(=O)N1CC(Oc2nc3c(N4CCOCC4)nc(Cl)nc3n2C)C1. The van der Waals surface area contributed by atoms with Crippen molar-refractivity contribution in [3.8, 4) is 6.01 Å². The molecule has 4 rings (SSSR count). The van der Waals surface area contributed by atoms with Gasteiger partial charge in [0.15, 0.2) is 17.0 Å². The molecule has 0 spiro atoms. The molecule has 0 saturated carbocycles. The number of anilines is 1. The Bertz CT molecular complexity index is 858. The van der Waals surface area contributed by atoms with E-state index < -0.39 is 0 Å². The third kappa shape index (κ3) is 3.41. The van der Waals surface area contributed by atoms with Crippen LogP contribution in [0.1, 0.15) is 13.8 Å². The van der Waals surface area contributed by atoms with Gasteiger partial charge in [-0.15, -0.1) is 0 Å². The number of halogens is 1. The Kier molecular flexibility index (Phi) is 4.81. The summed E-state index contributed by atoms with van der Waals surface area (Å²) in [6, 6.07) is 0.456. The molecule has 2 aliphatic rings. The molecule has 4 heterocycles. The normalized spacial score (nSPS) is 18.3. The zero-order valence-corrected chi connectivity index (χ0v) is 16.4. The van der Waals surface area contributed by atoms with E-state index in [9.17, 15) is 4.79 Å². The molecule has 0 bridgehead atoms. The van der Waals surface area contributed by atoms with Gasteiger partial charge in [0.1, 0.15) is 6.10 Å². The highest BCUT2D eigenvalue weighted by Gasteiger charge is 2.34. The van der Waals surface area contributed by atoms with Crippen molar-refractivity contribution in [2.75, 3.05) is 44.3 Å². The van der Waals surface area contributed by atoms with Crippen molar-refractivity contribution >= 4 is 34.5 Å². The number of hydrogen-bond acceptors (Lipinski definition) is 7. The second-order valence-corrected chi connectivity index (χ2v) is 7.52. The van der Waals surface area contributed by atoms with Gasteiger partial charge in [-0.1, -0.05) is 13.8 Å². The summed E-state index contributed by atoms with van der Waals surface area (Å²) < 4.78 is 13.2. The number of nitrogens with zero attached hydrogens (tertiary/aromatic N) is 6. The van der Waals surface area contributed by atoms with Crippen molar-refractivity contribution in [1.82, 2.24) is 24.4 Å². The standard InChI is InChI=1S/C17H23ClN6O3/c1-10(2)15(25)24-8-11(9-24)27-17-19-12-13(22(17)3)20-16(18)21-14(12)23-4-6-26-7-5-23/h10-11H,4-9H2,1-3H3. The van der Waals surface area contributed by atoms with Crippen LogP contribution in [0.4, 0.5) is 5.82 Å². The van der Waals surface area contributed by atoms with Gasteiger partial charge < -0.3 is 19.3 Å². The molecular formula is C17H23ClN6O3. The average Bonchev–Trinajstić information content (AvgIpc) is 2.93. The minimum absolute atomic E-state index is 0.00445. The molecule has 0 unspecified atom stereocenters. The number of carbonyl (C=O) groups is 1. The number of amides is 1. The summed E-state index contributed by atoms with van der Waals surface area (Å²) in [4.78, 5) is 29.2. The van der Waals surface area contributed by atoms with Gasteiger partial charge in [-0.25, -0.2) is 0 Å². The molecule has 10 heteroatoms. The van der Waals surface area contributed by atoms with Gasteiger partial charge in [0.05, 0.1) is 26.3 Å². The molecule has 0 aromatic carbocycles. The maximum atomic E-state index is 12.0. The highest BCUT2D eigenvalue weighted by atomic mass is 35.5. The summed E-state index contributed by atoms with van der Waals surface area (Å²) in [7, 11) is 1.84. The monoisotopic (exact) mass is 394 g/mol. The lowest BCUT2D eigenvalue weighted by Crippen LogP contribution is -2.57. The lowest BCUT2D eigenvalue weighted by Gasteiger charge is -2.39. The van der Waals surface area contributed by atoms with Gasteiger partial charge in [0.25, 0.3) is 6.01 Å². The molecule has 0 radical (unpaired) electrons. The second kappa shape index (κ2) is 7.12. The maximum Gasteiger partial charge on any atom is 0.298 e. The number of likely N-dealkylation sites (tertiary alicyclic amines) is 1. The molecule has 2 saturated heterocycles. The van der Waals surface area contributed by atoms with Crippen molar-refractivity contribution in [3.05, 3.63) is 5.28 Å². The van der Waals surface area contributed by atoms with Crippen molar-refractivity contribution in [3.63, 3.8) is 0 Å². The van der Waals surface area contributed by atoms with Crippen molar-refractivity contribution in [1.29, 1.82) is 0 Å². The molecule has 9 nitrogen and oxygen atoms in total. The van der Waals surface area contributed by atoms with Crippen molar-refractivity contribution in [2.45, 2.75) is 20.0 Å². The van der Waals surface area contributed by atoms with Crippen LogP contribution in [0.5, 0.6) is 6.01 Å². The van der Waals surface area contributed by atoms with Crippen LogP contribution < -0.4 is 9.64 Å². The molecule has 146 valence electrons. The van der Waals surface area contributed by atoms with E-state index >= 15 is 0 Å². The fourth-order valence-corrected chi connectivity index (χ4v) is 3.47. The van der Waals surface area contributed by atoms with Crippen LogP contribution in [-0.4, -0.2) is 75.8 Å². The fourth-order valence-electron chi connectivity index (χ4n) is 3.31. The first kappa shape index (κ1) is 18.2. The van der Waals surface area contributed by atoms with E-state index in [0.717, 1.165) is 13.1 Å². The van der Waals surface area contributed by atoms with E-state index in [4.69, 9.17) is 21.1 Å². The zero-order valence-electron chi connectivity index (χ0n) is 15.7. The van der Waals surface area contributed by atoms with Crippen LogP contribution in [-0.2, 0) is 16.6 Å². The Morgan fingerprint density at radius 2 is 1.93 bits per heavy atom. The minimum atomic E-state index is -0.0709. The highest BCUT2D eigenvalue weighted by molar-refractivity contribution is 6.28. The number of hydrogen-bond donors (Lipinski definition) is 0. The van der Waals surface area contributed by atoms with E-state index in [1.54, 1.807) is 9.47 Å². The van der Waals surface area contributed by atoms with Gasteiger partial charge in [-0.3, -0.25) is 9.36 Å². The predicted molar refractivity (Wildman–Crippen MR) is 100 cm³/mol. The number of ether oxygens (including phenoxy) is 2. The Hall–Kier alpha value is -2.13. The van der Waals surface area contributed by atoms with E-state index in [1.165, 1.54) is 0 Å². The molecule has 2 aromatic heterocycles. The quantitative estimate of drug-likeness (QED) is 0.718. The number of rotatable bonds is 4. The summed E-state index contributed by atoms with van der Waals surface area (Å²) in [5.41, 5.74) is 1.29. The Morgan fingerprint density at radius 1 is 1.22 bits per heavy atom. The maximum absolute atomic E-state index is 12.0. The summed E-state index contributed by atoms with van der Waals surface area (Å²) in [6.07, 6.45) is -0.0709.